The predicted molar refractivity (Wildman–Crippen MR) is 112 cm³/mol. The number of hydrogen-bond acceptors (Lipinski definition) is 3. The molecule has 0 radical (unpaired) electrons. The van der Waals surface area contributed by atoms with E-state index in [1.54, 1.807) is 13.2 Å². The molecule has 0 aromatic heterocycles. The largest absolute Gasteiger partial charge is 0.493 e. The predicted octanol–water partition coefficient (Wildman–Crippen LogP) is 5.39. The van der Waals surface area contributed by atoms with Crippen molar-refractivity contribution in [2.24, 2.45) is 5.92 Å². The van der Waals surface area contributed by atoms with Gasteiger partial charge in [0.25, 0.3) is 0 Å². The zero-order valence-corrected chi connectivity index (χ0v) is 16.8. The maximum atomic E-state index is 12.2. The van der Waals surface area contributed by atoms with E-state index in [9.17, 15) is 4.79 Å². The minimum atomic E-state index is -0.172. The maximum Gasteiger partial charge on any atom is 0.248 e. The van der Waals surface area contributed by atoms with Crippen LogP contribution in [0.25, 0.3) is 6.08 Å². The van der Waals surface area contributed by atoms with Crippen LogP contribution in [0, 0.1) is 19.8 Å². The highest BCUT2D eigenvalue weighted by Crippen LogP contribution is 2.29. The van der Waals surface area contributed by atoms with E-state index >= 15 is 0 Å². The fourth-order valence-corrected chi connectivity index (χ4v) is 2.49. The van der Waals surface area contributed by atoms with Crippen molar-refractivity contribution in [3.05, 3.63) is 59.2 Å². The van der Waals surface area contributed by atoms with Crippen molar-refractivity contribution in [3.8, 4) is 11.5 Å². The Labute approximate surface area is 162 Å². The Balaban J connectivity index is 2.00. The van der Waals surface area contributed by atoms with E-state index in [0.29, 0.717) is 18.3 Å². The molecule has 0 saturated heterocycles. The fraction of sp³-hybridized carbons (Fsp3) is 0.348. The summed E-state index contributed by atoms with van der Waals surface area (Å²) in [5.41, 5.74) is 4.01. The molecule has 0 heterocycles. The lowest BCUT2D eigenvalue weighted by Crippen LogP contribution is -2.08. The number of ether oxygens (including phenoxy) is 2. The molecule has 0 atom stereocenters. The third-order valence-corrected chi connectivity index (χ3v) is 4.34. The molecule has 2 rings (SSSR count). The van der Waals surface area contributed by atoms with E-state index < -0.39 is 0 Å². The number of amides is 1. The molecule has 0 saturated carbocycles. The number of carbonyl (C=O) groups is 1. The van der Waals surface area contributed by atoms with Gasteiger partial charge >= 0.3 is 0 Å². The number of aryl methyl sites for hydroxylation is 2. The van der Waals surface area contributed by atoms with Crippen molar-refractivity contribution in [2.45, 2.75) is 34.1 Å². The lowest BCUT2D eigenvalue weighted by atomic mass is 10.1. The lowest BCUT2D eigenvalue weighted by molar-refractivity contribution is -0.111. The van der Waals surface area contributed by atoms with Gasteiger partial charge in [0.05, 0.1) is 13.7 Å². The summed E-state index contributed by atoms with van der Waals surface area (Å²) in [5, 5.41) is 2.88. The molecule has 2 aromatic rings. The highest BCUT2D eigenvalue weighted by molar-refractivity contribution is 6.02. The summed E-state index contributed by atoms with van der Waals surface area (Å²) in [4.78, 5) is 12.2. The monoisotopic (exact) mass is 367 g/mol. The molecule has 144 valence electrons. The van der Waals surface area contributed by atoms with Crippen LogP contribution in [0.15, 0.2) is 42.5 Å². The van der Waals surface area contributed by atoms with Crippen LogP contribution in [0.1, 0.15) is 37.0 Å². The highest BCUT2D eigenvalue weighted by atomic mass is 16.5. The average molecular weight is 367 g/mol. The van der Waals surface area contributed by atoms with Crippen molar-refractivity contribution < 1.29 is 14.3 Å². The molecule has 4 nitrogen and oxygen atoms in total. The molecular weight excluding hydrogens is 338 g/mol. The minimum absolute atomic E-state index is 0.172. The van der Waals surface area contributed by atoms with Crippen molar-refractivity contribution >= 4 is 17.7 Å². The Morgan fingerprint density at radius 3 is 2.52 bits per heavy atom. The summed E-state index contributed by atoms with van der Waals surface area (Å²) < 4.78 is 11.2. The van der Waals surface area contributed by atoms with Gasteiger partial charge in [-0.05, 0) is 73.2 Å². The molecule has 0 aliphatic rings. The summed E-state index contributed by atoms with van der Waals surface area (Å²) in [6.07, 6.45) is 4.27. The maximum absolute atomic E-state index is 12.2. The van der Waals surface area contributed by atoms with Gasteiger partial charge in [0.2, 0.25) is 5.91 Å². The van der Waals surface area contributed by atoms with E-state index in [-0.39, 0.29) is 5.91 Å². The van der Waals surface area contributed by atoms with Gasteiger partial charge in [0.15, 0.2) is 11.5 Å². The molecule has 0 unspecified atom stereocenters. The second-order valence-electron chi connectivity index (χ2n) is 7.06. The molecule has 0 aliphatic carbocycles. The zero-order valence-electron chi connectivity index (χ0n) is 16.8. The van der Waals surface area contributed by atoms with Crippen LogP contribution in [0.2, 0.25) is 0 Å². The van der Waals surface area contributed by atoms with Gasteiger partial charge in [0, 0.05) is 11.8 Å². The van der Waals surface area contributed by atoms with E-state index in [1.807, 2.05) is 50.2 Å². The van der Waals surface area contributed by atoms with Crippen LogP contribution in [0.5, 0.6) is 11.5 Å². The SMILES string of the molecule is COc1cc(/C=C/C(=O)Nc2ccc(C)c(C)c2)ccc1OCCC(C)C. The first-order valence-electron chi connectivity index (χ1n) is 9.26. The summed E-state index contributed by atoms with van der Waals surface area (Å²) in [6.45, 7) is 9.05. The molecule has 4 heteroatoms. The molecule has 0 bridgehead atoms. The molecule has 1 N–H and O–H groups in total. The van der Waals surface area contributed by atoms with Crippen LogP contribution in [0.4, 0.5) is 5.69 Å². The quantitative estimate of drug-likeness (QED) is 0.637. The third kappa shape index (κ3) is 6.48. The van der Waals surface area contributed by atoms with Crippen LogP contribution < -0.4 is 14.8 Å². The first-order chi connectivity index (χ1) is 12.9. The van der Waals surface area contributed by atoms with Gasteiger partial charge in [-0.15, -0.1) is 0 Å². The number of benzene rings is 2. The number of carbonyl (C=O) groups excluding carboxylic acids is 1. The van der Waals surface area contributed by atoms with Crippen molar-refractivity contribution in [3.63, 3.8) is 0 Å². The molecule has 0 aliphatic heterocycles. The number of hydrogen-bond donors (Lipinski definition) is 1. The van der Waals surface area contributed by atoms with Gasteiger partial charge in [-0.25, -0.2) is 0 Å². The fourth-order valence-electron chi connectivity index (χ4n) is 2.49. The molecular formula is C23H29NO3. The Hall–Kier alpha value is -2.75. The van der Waals surface area contributed by atoms with Gasteiger partial charge < -0.3 is 14.8 Å². The van der Waals surface area contributed by atoms with Crippen molar-refractivity contribution in [2.75, 3.05) is 19.0 Å². The lowest BCUT2D eigenvalue weighted by Gasteiger charge is -2.12. The standard InChI is InChI=1S/C23H29NO3/c1-16(2)12-13-27-21-10-7-19(15-22(21)26-5)8-11-23(25)24-20-9-6-17(3)18(4)14-20/h6-11,14-16H,12-13H2,1-5H3,(H,24,25)/b11-8+. The van der Waals surface area contributed by atoms with E-state index in [2.05, 4.69) is 19.2 Å². The van der Waals surface area contributed by atoms with Crippen LogP contribution in [-0.2, 0) is 4.79 Å². The minimum Gasteiger partial charge on any atom is -0.493 e. The first kappa shape index (κ1) is 20.6. The van der Waals surface area contributed by atoms with Crippen LogP contribution in [0.3, 0.4) is 0 Å². The van der Waals surface area contributed by atoms with Gasteiger partial charge in [-0.2, -0.15) is 0 Å². The Morgan fingerprint density at radius 2 is 1.85 bits per heavy atom. The van der Waals surface area contributed by atoms with Crippen LogP contribution >= 0.6 is 0 Å². The zero-order chi connectivity index (χ0) is 19.8. The molecule has 27 heavy (non-hydrogen) atoms. The summed E-state index contributed by atoms with van der Waals surface area (Å²) in [5.74, 6) is 1.80. The Kier molecular flexibility index (Phi) is 7.47. The van der Waals surface area contributed by atoms with Gasteiger partial charge in [0.1, 0.15) is 0 Å². The Morgan fingerprint density at radius 1 is 1.07 bits per heavy atom. The molecule has 2 aromatic carbocycles. The number of anilines is 1. The number of methoxy groups -OCH3 is 1. The van der Waals surface area contributed by atoms with Crippen molar-refractivity contribution in [1.82, 2.24) is 0 Å². The normalized spacial score (nSPS) is 11.0. The molecule has 0 spiro atoms. The smallest absolute Gasteiger partial charge is 0.248 e. The van der Waals surface area contributed by atoms with E-state index in [1.165, 1.54) is 11.6 Å². The van der Waals surface area contributed by atoms with E-state index in [4.69, 9.17) is 9.47 Å². The summed E-state index contributed by atoms with van der Waals surface area (Å²) in [6, 6.07) is 11.5. The topological polar surface area (TPSA) is 47.6 Å². The number of nitrogens with one attached hydrogen (secondary N) is 1. The molecule has 0 fully saturated rings. The van der Waals surface area contributed by atoms with Crippen LogP contribution in [-0.4, -0.2) is 19.6 Å². The average Bonchev–Trinajstić information content (AvgIpc) is 2.63. The van der Waals surface area contributed by atoms with E-state index in [0.717, 1.165) is 29.0 Å². The second kappa shape index (κ2) is 9.81. The summed E-state index contributed by atoms with van der Waals surface area (Å²) >= 11 is 0. The second-order valence-corrected chi connectivity index (χ2v) is 7.06. The highest BCUT2D eigenvalue weighted by Gasteiger charge is 2.06. The van der Waals surface area contributed by atoms with Crippen molar-refractivity contribution in [1.29, 1.82) is 0 Å². The number of rotatable bonds is 8. The summed E-state index contributed by atoms with van der Waals surface area (Å²) in [7, 11) is 1.62. The first-order valence-corrected chi connectivity index (χ1v) is 9.26. The molecule has 1 amide bonds. The third-order valence-electron chi connectivity index (χ3n) is 4.34. The van der Waals surface area contributed by atoms with Gasteiger partial charge in [-0.3, -0.25) is 4.79 Å². The Bertz CT molecular complexity index is 809. The van der Waals surface area contributed by atoms with Gasteiger partial charge in [-0.1, -0.05) is 26.0 Å².